The van der Waals surface area contributed by atoms with Gasteiger partial charge in [-0.05, 0) is 13.3 Å². The third-order valence-corrected chi connectivity index (χ3v) is 3.28. The van der Waals surface area contributed by atoms with Gasteiger partial charge in [0.25, 0.3) is 0 Å². The minimum atomic E-state index is 0.131. The van der Waals surface area contributed by atoms with Crippen molar-refractivity contribution in [3.63, 3.8) is 0 Å². The maximum atomic E-state index is 11.2. The smallest absolute Gasteiger partial charge is 0.219 e. The van der Waals surface area contributed by atoms with Crippen molar-refractivity contribution in [2.24, 2.45) is 5.73 Å². The third kappa shape index (κ3) is 3.43. The molecule has 0 bridgehead atoms. The Bertz CT molecular complexity index is 257. The molecule has 1 fully saturated rings. The van der Waals surface area contributed by atoms with Crippen LogP contribution in [0.25, 0.3) is 0 Å². The highest BCUT2D eigenvalue weighted by Crippen LogP contribution is 2.07. The molecule has 1 amide bonds. The Morgan fingerprint density at radius 3 is 2.53 bits per heavy atom. The summed E-state index contributed by atoms with van der Waals surface area (Å²) in [4.78, 5) is 15.9. The van der Waals surface area contributed by atoms with Crippen LogP contribution >= 0.6 is 12.2 Å². The Morgan fingerprint density at radius 2 is 2.00 bits per heavy atom. The highest BCUT2D eigenvalue weighted by Gasteiger charge is 2.21. The van der Waals surface area contributed by atoms with Crippen LogP contribution in [0.1, 0.15) is 20.3 Å². The summed E-state index contributed by atoms with van der Waals surface area (Å²) in [6, 6.07) is 0.131. The van der Waals surface area contributed by atoms with Crippen molar-refractivity contribution < 1.29 is 4.79 Å². The second-order valence-electron chi connectivity index (χ2n) is 3.97. The summed E-state index contributed by atoms with van der Waals surface area (Å²) in [5, 5.41) is 0. The van der Waals surface area contributed by atoms with Crippen molar-refractivity contribution in [2.45, 2.75) is 26.3 Å². The maximum Gasteiger partial charge on any atom is 0.219 e. The monoisotopic (exact) mass is 229 g/mol. The van der Waals surface area contributed by atoms with Gasteiger partial charge >= 0.3 is 0 Å². The fourth-order valence-electron chi connectivity index (χ4n) is 1.82. The molecular formula is C10H19N3OS. The Hall–Kier alpha value is -0.680. The molecule has 0 radical (unpaired) electrons. The highest BCUT2D eigenvalue weighted by molar-refractivity contribution is 7.80. The number of hydrogen-bond donors (Lipinski definition) is 1. The van der Waals surface area contributed by atoms with Crippen molar-refractivity contribution >= 4 is 23.1 Å². The molecule has 2 N–H and O–H groups in total. The Morgan fingerprint density at radius 1 is 1.33 bits per heavy atom. The van der Waals surface area contributed by atoms with Gasteiger partial charge in [-0.2, -0.15) is 0 Å². The summed E-state index contributed by atoms with van der Waals surface area (Å²) in [6.45, 7) is 7.08. The van der Waals surface area contributed by atoms with E-state index in [2.05, 4.69) is 4.90 Å². The fourth-order valence-corrected chi connectivity index (χ4v) is 1.97. The van der Waals surface area contributed by atoms with Crippen molar-refractivity contribution in [3.8, 4) is 0 Å². The molecule has 0 saturated carbocycles. The van der Waals surface area contributed by atoms with Gasteiger partial charge in [0.2, 0.25) is 5.91 Å². The molecule has 0 aromatic rings. The van der Waals surface area contributed by atoms with Crippen LogP contribution in [0.4, 0.5) is 0 Å². The summed E-state index contributed by atoms with van der Waals surface area (Å²) < 4.78 is 0. The predicted octanol–water partition coefficient (Wildman–Crippen LogP) is 0.215. The Labute approximate surface area is 96.4 Å². The molecule has 1 aliphatic heterocycles. The van der Waals surface area contributed by atoms with Crippen LogP contribution in [-0.2, 0) is 4.79 Å². The van der Waals surface area contributed by atoms with Gasteiger partial charge in [0, 0.05) is 33.1 Å². The second kappa shape index (κ2) is 5.42. The molecule has 86 valence electrons. The van der Waals surface area contributed by atoms with Crippen LogP contribution in [0.3, 0.4) is 0 Å². The first-order valence-electron chi connectivity index (χ1n) is 5.31. The molecule has 4 nitrogen and oxygen atoms in total. The summed E-state index contributed by atoms with van der Waals surface area (Å²) >= 11 is 4.98. The van der Waals surface area contributed by atoms with Gasteiger partial charge in [-0.25, -0.2) is 0 Å². The first-order chi connectivity index (χ1) is 7.02. The van der Waals surface area contributed by atoms with Crippen LogP contribution in [0, 0.1) is 0 Å². The second-order valence-corrected chi connectivity index (χ2v) is 4.45. The van der Waals surface area contributed by atoms with E-state index < -0.39 is 0 Å². The zero-order valence-corrected chi connectivity index (χ0v) is 10.2. The van der Waals surface area contributed by atoms with Crippen LogP contribution < -0.4 is 5.73 Å². The number of nitrogens with zero attached hydrogens (tertiary/aromatic N) is 2. The van der Waals surface area contributed by atoms with E-state index in [1.165, 1.54) is 0 Å². The van der Waals surface area contributed by atoms with E-state index in [4.69, 9.17) is 18.0 Å². The largest absolute Gasteiger partial charge is 0.392 e. The average molecular weight is 229 g/mol. The van der Waals surface area contributed by atoms with E-state index in [0.29, 0.717) is 4.99 Å². The molecule has 5 heteroatoms. The number of thiocarbonyl (C=S) groups is 1. The number of carbonyl (C=O) groups excluding carboxylic acids is 1. The van der Waals surface area contributed by atoms with E-state index in [-0.39, 0.29) is 11.9 Å². The van der Waals surface area contributed by atoms with E-state index in [1.807, 2.05) is 11.8 Å². The van der Waals surface area contributed by atoms with E-state index in [9.17, 15) is 4.79 Å². The fraction of sp³-hybridized carbons (Fsp3) is 0.800. The van der Waals surface area contributed by atoms with Crippen LogP contribution in [0.5, 0.6) is 0 Å². The van der Waals surface area contributed by atoms with Crippen LogP contribution in [0.15, 0.2) is 0 Å². The lowest BCUT2D eigenvalue weighted by molar-refractivity contribution is -0.128. The first-order valence-corrected chi connectivity index (χ1v) is 5.72. The van der Waals surface area contributed by atoms with Crippen molar-refractivity contribution in [1.29, 1.82) is 0 Å². The van der Waals surface area contributed by atoms with Crippen molar-refractivity contribution in [2.75, 3.05) is 26.2 Å². The SMILES string of the molecule is CC(=O)N1CCCN(C(C)C(N)=S)CC1. The zero-order chi connectivity index (χ0) is 11.4. The predicted molar refractivity (Wildman–Crippen MR) is 64.7 cm³/mol. The molecule has 0 aromatic heterocycles. The Balaban J connectivity index is 2.52. The number of hydrogen-bond acceptors (Lipinski definition) is 3. The van der Waals surface area contributed by atoms with E-state index in [0.717, 1.165) is 32.6 Å². The molecule has 1 heterocycles. The standard InChI is InChI=1S/C10H19N3OS/c1-8(10(11)15)12-4-3-5-13(7-6-12)9(2)14/h8H,3-7H2,1-2H3,(H2,11,15). The van der Waals surface area contributed by atoms with Gasteiger partial charge in [-0.15, -0.1) is 0 Å². The number of amides is 1. The van der Waals surface area contributed by atoms with Crippen molar-refractivity contribution in [1.82, 2.24) is 9.80 Å². The van der Waals surface area contributed by atoms with Crippen molar-refractivity contribution in [3.05, 3.63) is 0 Å². The number of nitrogens with two attached hydrogens (primary N) is 1. The molecule has 0 spiro atoms. The topological polar surface area (TPSA) is 49.6 Å². The summed E-state index contributed by atoms with van der Waals surface area (Å²) in [7, 11) is 0. The molecule has 1 saturated heterocycles. The molecular weight excluding hydrogens is 210 g/mol. The molecule has 1 atom stereocenters. The number of rotatable bonds is 2. The van der Waals surface area contributed by atoms with Crippen LogP contribution in [-0.4, -0.2) is 52.9 Å². The van der Waals surface area contributed by atoms with Gasteiger partial charge < -0.3 is 10.6 Å². The van der Waals surface area contributed by atoms with E-state index in [1.54, 1.807) is 6.92 Å². The van der Waals surface area contributed by atoms with E-state index >= 15 is 0 Å². The quantitative estimate of drug-likeness (QED) is 0.688. The minimum absolute atomic E-state index is 0.131. The molecule has 1 unspecified atom stereocenters. The molecule has 15 heavy (non-hydrogen) atoms. The highest BCUT2D eigenvalue weighted by atomic mass is 32.1. The lowest BCUT2D eigenvalue weighted by Gasteiger charge is -2.26. The maximum absolute atomic E-state index is 11.2. The minimum Gasteiger partial charge on any atom is -0.392 e. The summed E-state index contributed by atoms with van der Waals surface area (Å²) in [6.07, 6.45) is 0.993. The van der Waals surface area contributed by atoms with Gasteiger partial charge in [-0.3, -0.25) is 9.69 Å². The van der Waals surface area contributed by atoms with Gasteiger partial charge in [0.05, 0.1) is 11.0 Å². The lowest BCUT2D eigenvalue weighted by atomic mass is 10.2. The van der Waals surface area contributed by atoms with Gasteiger partial charge in [0.15, 0.2) is 0 Å². The summed E-state index contributed by atoms with van der Waals surface area (Å²) in [5.74, 6) is 0.153. The first kappa shape index (κ1) is 12.4. The molecule has 0 aromatic carbocycles. The number of carbonyl (C=O) groups is 1. The third-order valence-electron chi connectivity index (χ3n) is 2.94. The zero-order valence-electron chi connectivity index (χ0n) is 9.40. The van der Waals surface area contributed by atoms with Crippen LogP contribution in [0.2, 0.25) is 0 Å². The molecule has 0 aliphatic carbocycles. The normalized spacial score (nSPS) is 20.8. The average Bonchev–Trinajstić information content (AvgIpc) is 2.41. The molecule has 1 aliphatic rings. The molecule has 1 rings (SSSR count). The van der Waals surface area contributed by atoms with Gasteiger partial charge in [0.1, 0.15) is 0 Å². The summed E-state index contributed by atoms with van der Waals surface area (Å²) in [5.41, 5.74) is 5.62. The Kier molecular flexibility index (Phi) is 4.47. The lowest BCUT2D eigenvalue weighted by Crippen LogP contribution is -2.43. The van der Waals surface area contributed by atoms with Gasteiger partial charge in [-0.1, -0.05) is 12.2 Å².